The second-order valence-electron chi connectivity index (χ2n) is 2.26. The van der Waals surface area contributed by atoms with E-state index in [1.807, 2.05) is 0 Å². The highest BCUT2D eigenvalue weighted by Gasteiger charge is 2.27. The van der Waals surface area contributed by atoms with Gasteiger partial charge in [-0.15, -0.1) is 0 Å². The maximum Gasteiger partial charge on any atom is 0.253 e. The van der Waals surface area contributed by atoms with Crippen molar-refractivity contribution in [2.75, 3.05) is 7.05 Å². The van der Waals surface area contributed by atoms with Crippen molar-refractivity contribution >= 4 is 11.9 Å². The van der Waals surface area contributed by atoms with Gasteiger partial charge in [0.2, 0.25) is 5.96 Å². The Bertz CT molecular complexity index is 252. The van der Waals surface area contributed by atoms with Gasteiger partial charge in [-0.2, -0.15) is 5.26 Å². The molecule has 1 atom stereocenters. The monoisotopic (exact) mass is 152 g/mol. The topological polar surface area (TPSA) is 68.5 Å². The van der Waals surface area contributed by atoms with E-state index in [2.05, 4.69) is 10.3 Å². The molecule has 0 fully saturated rings. The van der Waals surface area contributed by atoms with Crippen LogP contribution in [0.2, 0.25) is 0 Å². The number of likely N-dealkylation sites (N-methyl/N-ethyl adjacent to an activating group) is 1. The fourth-order valence-electron chi connectivity index (χ4n) is 0.876. The van der Waals surface area contributed by atoms with E-state index in [1.165, 1.54) is 4.90 Å². The van der Waals surface area contributed by atoms with Crippen molar-refractivity contribution < 1.29 is 4.79 Å². The highest BCUT2D eigenvalue weighted by molar-refractivity contribution is 6.04. The van der Waals surface area contributed by atoms with Crippen molar-refractivity contribution in [1.82, 2.24) is 10.2 Å². The van der Waals surface area contributed by atoms with E-state index in [-0.39, 0.29) is 11.9 Å². The quantitative estimate of drug-likeness (QED) is 0.367. The van der Waals surface area contributed by atoms with Gasteiger partial charge in [0.25, 0.3) is 5.91 Å². The fourth-order valence-corrected chi connectivity index (χ4v) is 0.876. The van der Waals surface area contributed by atoms with Gasteiger partial charge in [-0.3, -0.25) is 15.0 Å². The third kappa shape index (κ3) is 1.15. The van der Waals surface area contributed by atoms with Crippen molar-refractivity contribution in [2.24, 2.45) is 4.99 Å². The van der Waals surface area contributed by atoms with E-state index >= 15 is 0 Å². The van der Waals surface area contributed by atoms with Crippen LogP contribution in [0, 0.1) is 11.5 Å². The van der Waals surface area contributed by atoms with Crippen molar-refractivity contribution in [1.29, 1.82) is 5.26 Å². The first kappa shape index (κ1) is 7.54. The number of carbonyl (C=O) groups excluding carboxylic acids is 1. The zero-order chi connectivity index (χ0) is 8.43. The number of hydrogen-bond donors (Lipinski definition) is 1. The summed E-state index contributed by atoms with van der Waals surface area (Å²) in [5.41, 5.74) is 0. The molecule has 1 aliphatic rings. The molecule has 1 heterocycles. The summed E-state index contributed by atoms with van der Waals surface area (Å²) in [5.74, 6) is 0.229. The average molecular weight is 152 g/mol. The molecule has 0 saturated carbocycles. The lowest BCUT2D eigenvalue weighted by molar-refractivity contribution is -0.126. The maximum atomic E-state index is 11.1. The highest BCUT2D eigenvalue weighted by atomic mass is 16.2. The van der Waals surface area contributed by atoms with Gasteiger partial charge >= 0.3 is 0 Å². The van der Waals surface area contributed by atoms with Gasteiger partial charge in [0, 0.05) is 7.05 Å². The third-order valence-corrected chi connectivity index (χ3v) is 1.49. The average Bonchev–Trinajstić information content (AvgIpc) is 2.19. The molecule has 0 bridgehead atoms. The second-order valence-corrected chi connectivity index (χ2v) is 2.26. The second kappa shape index (κ2) is 2.58. The first-order valence-corrected chi connectivity index (χ1v) is 3.17. The first-order chi connectivity index (χ1) is 5.16. The van der Waals surface area contributed by atoms with Crippen molar-refractivity contribution in [2.45, 2.75) is 13.0 Å². The van der Waals surface area contributed by atoms with Gasteiger partial charge < -0.3 is 0 Å². The standard InChI is InChI=1S/C6H8N4O/c1-4-5(11)10(2)6(9-4)8-3-7/h4H,1-2H3,(H,8,9). The summed E-state index contributed by atoms with van der Waals surface area (Å²) in [4.78, 5) is 16.3. The Labute approximate surface area is 64.3 Å². The van der Waals surface area contributed by atoms with E-state index in [0.29, 0.717) is 5.96 Å². The molecule has 0 radical (unpaired) electrons. The normalized spacial score (nSPS) is 23.0. The third-order valence-electron chi connectivity index (χ3n) is 1.49. The van der Waals surface area contributed by atoms with E-state index in [1.54, 1.807) is 20.2 Å². The van der Waals surface area contributed by atoms with Crippen LogP contribution < -0.4 is 5.32 Å². The predicted octanol–water partition coefficient (Wildman–Crippen LogP) is -0.726. The summed E-state index contributed by atoms with van der Waals surface area (Å²) in [5, 5.41) is 10.6. The van der Waals surface area contributed by atoms with Gasteiger partial charge in [-0.05, 0) is 6.92 Å². The number of nitriles is 1. The summed E-state index contributed by atoms with van der Waals surface area (Å²) in [7, 11) is 1.58. The highest BCUT2D eigenvalue weighted by Crippen LogP contribution is 2.05. The van der Waals surface area contributed by atoms with E-state index in [9.17, 15) is 4.79 Å². The molecule has 11 heavy (non-hydrogen) atoms. The summed E-state index contributed by atoms with van der Waals surface area (Å²) in [6.07, 6.45) is 1.71. The lowest BCUT2D eigenvalue weighted by Gasteiger charge is -2.08. The molecule has 1 aliphatic heterocycles. The van der Waals surface area contributed by atoms with Crippen LogP contribution in [0.1, 0.15) is 6.92 Å². The fraction of sp³-hybridized carbons (Fsp3) is 0.500. The van der Waals surface area contributed by atoms with Crippen molar-refractivity contribution in [3.8, 4) is 6.19 Å². The molecule has 0 aliphatic carbocycles. The van der Waals surface area contributed by atoms with Crippen LogP contribution >= 0.6 is 0 Å². The number of rotatable bonds is 0. The van der Waals surface area contributed by atoms with Gasteiger partial charge in [-0.25, -0.2) is 4.99 Å². The number of carbonyl (C=O) groups is 1. The first-order valence-electron chi connectivity index (χ1n) is 3.17. The zero-order valence-electron chi connectivity index (χ0n) is 6.33. The molecule has 5 nitrogen and oxygen atoms in total. The number of guanidine groups is 1. The summed E-state index contributed by atoms with van der Waals surface area (Å²) in [6, 6.07) is -0.365. The minimum Gasteiger partial charge on any atom is -0.283 e. The molecule has 0 aromatic rings. The smallest absolute Gasteiger partial charge is 0.253 e. The Hall–Kier alpha value is -1.57. The molecule has 0 spiro atoms. The van der Waals surface area contributed by atoms with E-state index in [0.717, 1.165) is 0 Å². The van der Waals surface area contributed by atoms with Crippen LogP contribution in [-0.2, 0) is 4.79 Å². The summed E-state index contributed by atoms with van der Waals surface area (Å²) >= 11 is 0. The maximum absolute atomic E-state index is 11.1. The Morgan fingerprint density at radius 2 is 2.45 bits per heavy atom. The number of nitrogens with zero attached hydrogens (tertiary/aromatic N) is 3. The van der Waals surface area contributed by atoms with Gasteiger partial charge in [0.1, 0.15) is 6.04 Å². The molecule has 1 amide bonds. The molecule has 0 aromatic heterocycles. The lowest BCUT2D eigenvalue weighted by atomic mass is 10.3. The molecule has 0 saturated heterocycles. The minimum atomic E-state index is -0.365. The Morgan fingerprint density at radius 1 is 1.82 bits per heavy atom. The minimum absolute atomic E-state index is 0.0947. The molecular formula is C6H8N4O. The van der Waals surface area contributed by atoms with Gasteiger partial charge in [0.05, 0.1) is 0 Å². The number of hydrogen-bond acceptors (Lipinski definition) is 4. The van der Waals surface area contributed by atoms with Crippen molar-refractivity contribution in [3.63, 3.8) is 0 Å². The summed E-state index contributed by atoms with van der Waals surface area (Å²) in [6.45, 7) is 1.69. The SMILES string of the molecule is CC1N=C(NC#N)N(C)C1=O. The lowest BCUT2D eigenvalue weighted by Crippen LogP contribution is -2.36. The molecular weight excluding hydrogens is 144 g/mol. The molecule has 1 rings (SSSR count). The summed E-state index contributed by atoms with van der Waals surface area (Å²) < 4.78 is 0. The number of nitrogens with one attached hydrogen (secondary N) is 1. The molecule has 1 unspecified atom stereocenters. The number of amides is 1. The number of aliphatic imine (C=N–C) groups is 1. The zero-order valence-corrected chi connectivity index (χ0v) is 6.33. The molecule has 0 aromatic carbocycles. The Morgan fingerprint density at radius 3 is 2.82 bits per heavy atom. The largest absolute Gasteiger partial charge is 0.283 e. The van der Waals surface area contributed by atoms with E-state index in [4.69, 9.17) is 5.26 Å². The van der Waals surface area contributed by atoms with Crippen molar-refractivity contribution in [3.05, 3.63) is 0 Å². The van der Waals surface area contributed by atoms with Crippen LogP contribution in [0.5, 0.6) is 0 Å². The van der Waals surface area contributed by atoms with Gasteiger partial charge in [0.15, 0.2) is 6.19 Å². The molecule has 1 N–H and O–H groups in total. The van der Waals surface area contributed by atoms with Crippen LogP contribution in [0.25, 0.3) is 0 Å². The Kier molecular flexibility index (Phi) is 1.77. The van der Waals surface area contributed by atoms with Crippen LogP contribution in [0.4, 0.5) is 0 Å². The van der Waals surface area contributed by atoms with Gasteiger partial charge in [-0.1, -0.05) is 0 Å². The van der Waals surface area contributed by atoms with Crippen LogP contribution in [0.3, 0.4) is 0 Å². The molecule has 5 heteroatoms. The van der Waals surface area contributed by atoms with Crippen LogP contribution in [-0.4, -0.2) is 29.9 Å². The van der Waals surface area contributed by atoms with E-state index < -0.39 is 0 Å². The molecule has 58 valence electrons. The predicted molar refractivity (Wildman–Crippen MR) is 38.4 cm³/mol. The Balaban J connectivity index is 2.77. The van der Waals surface area contributed by atoms with Crippen LogP contribution in [0.15, 0.2) is 4.99 Å².